The van der Waals surface area contributed by atoms with Crippen molar-refractivity contribution in [2.24, 2.45) is 5.10 Å². The third-order valence-electron chi connectivity index (χ3n) is 7.25. The Balaban J connectivity index is 1.20. The number of hydrogen-bond donors (Lipinski definition) is 2. The van der Waals surface area contributed by atoms with E-state index in [-0.39, 0.29) is 17.9 Å². The van der Waals surface area contributed by atoms with Gasteiger partial charge in [0.15, 0.2) is 5.76 Å². The number of carboxylic acid groups (broad SMARTS) is 1. The fourth-order valence-electron chi connectivity index (χ4n) is 5.10. The number of benzene rings is 2. The second-order valence-electron chi connectivity index (χ2n) is 10.1. The topological polar surface area (TPSA) is 111 Å². The van der Waals surface area contributed by atoms with Crippen molar-refractivity contribution < 1.29 is 23.8 Å². The number of ether oxygens (including phenoxy) is 1. The van der Waals surface area contributed by atoms with Gasteiger partial charge in [-0.3, -0.25) is 4.79 Å². The number of nitrogens with one attached hydrogen (secondary N) is 1. The Hall–Kier alpha value is -5.31. The summed E-state index contributed by atoms with van der Waals surface area (Å²) in [4.78, 5) is 24.2. The molecule has 2 N–H and O–H groups in total. The minimum Gasteiger partial charge on any atom is -0.486 e. The van der Waals surface area contributed by atoms with Crippen LogP contribution in [0.3, 0.4) is 0 Å². The van der Waals surface area contributed by atoms with Gasteiger partial charge < -0.3 is 23.4 Å². The Labute approximate surface area is 243 Å². The first kappa shape index (κ1) is 28.2. The molecule has 0 fully saturated rings. The van der Waals surface area contributed by atoms with Crippen molar-refractivity contribution in [3.05, 3.63) is 124 Å². The fraction of sp³-hybridized carbons (Fsp3) is 0.182. The van der Waals surface area contributed by atoms with Gasteiger partial charge in [-0.1, -0.05) is 6.07 Å². The molecule has 0 aliphatic rings. The number of amides is 1. The van der Waals surface area contributed by atoms with Gasteiger partial charge in [-0.25, -0.2) is 10.2 Å². The lowest BCUT2D eigenvalue weighted by Crippen LogP contribution is -2.16. The number of carboxylic acids is 1. The quantitative estimate of drug-likeness (QED) is 0.158. The van der Waals surface area contributed by atoms with Gasteiger partial charge in [0.05, 0.1) is 11.8 Å². The lowest BCUT2D eigenvalue weighted by Gasteiger charge is -2.14. The minimum absolute atomic E-state index is 0.117. The zero-order valence-electron chi connectivity index (χ0n) is 24.1. The molecule has 214 valence electrons. The van der Waals surface area contributed by atoms with Gasteiger partial charge in [-0.15, -0.1) is 0 Å². The van der Waals surface area contributed by atoms with Crippen molar-refractivity contribution >= 4 is 18.1 Å². The summed E-state index contributed by atoms with van der Waals surface area (Å²) in [5.74, 6) is -0.144. The number of carbonyl (C=O) groups is 2. The van der Waals surface area contributed by atoms with Gasteiger partial charge in [0.25, 0.3) is 0 Å². The van der Waals surface area contributed by atoms with E-state index in [0.29, 0.717) is 17.1 Å². The summed E-state index contributed by atoms with van der Waals surface area (Å²) >= 11 is 0. The summed E-state index contributed by atoms with van der Waals surface area (Å²) in [6.45, 7) is 9.94. The van der Waals surface area contributed by atoms with Crippen LogP contribution in [0.15, 0.2) is 82.3 Å². The van der Waals surface area contributed by atoms with Crippen LogP contribution in [0.25, 0.3) is 11.4 Å². The van der Waals surface area contributed by atoms with Crippen LogP contribution in [0.4, 0.5) is 0 Å². The molecule has 0 atom stereocenters. The van der Waals surface area contributed by atoms with E-state index < -0.39 is 11.9 Å². The van der Waals surface area contributed by atoms with Crippen LogP contribution in [0.2, 0.25) is 0 Å². The summed E-state index contributed by atoms with van der Waals surface area (Å²) < 4.78 is 15.7. The molecule has 2 aromatic carbocycles. The van der Waals surface area contributed by atoms with E-state index in [9.17, 15) is 14.7 Å². The van der Waals surface area contributed by atoms with Gasteiger partial charge in [0, 0.05) is 39.7 Å². The van der Waals surface area contributed by atoms with Crippen molar-refractivity contribution in [3.63, 3.8) is 0 Å². The fourth-order valence-corrected chi connectivity index (χ4v) is 5.10. The van der Waals surface area contributed by atoms with E-state index in [1.807, 2.05) is 54.8 Å². The number of aryl methyl sites for hydroxylation is 3. The summed E-state index contributed by atoms with van der Waals surface area (Å²) in [5, 5.41) is 13.6. The second-order valence-corrected chi connectivity index (χ2v) is 10.1. The van der Waals surface area contributed by atoms with Crippen molar-refractivity contribution in [3.8, 4) is 17.1 Å². The third kappa shape index (κ3) is 5.62. The van der Waals surface area contributed by atoms with Gasteiger partial charge in [0.1, 0.15) is 18.1 Å². The first-order chi connectivity index (χ1) is 20.1. The zero-order valence-corrected chi connectivity index (χ0v) is 24.1. The molecule has 0 aliphatic heterocycles. The molecular weight excluding hydrogens is 532 g/mol. The molecule has 0 aliphatic carbocycles. The summed E-state index contributed by atoms with van der Waals surface area (Å²) in [7, 11) is 0. The normalized spacial score (nSPS) is 11.3. The van der Waals surface area contributed by atoms with Gasteiger partial charge in [-0.05, 0) is 107 Å². The number of nitrogens with zero attached hydrogens (tertiary/aromatic N) is 3. The van der Waals surface area contributed by atoms with E-state index in [2.05, 4.69) is 41.1 Å². The van der Waals surface area contributed by atoms with Gasteiger partial charge >= 0.3 is 11.9 Å². The molecule has 0 unspecified atom stereocenters. The predicted molar refractivity (Wildman–Crippen MR) is 160 cm³/mol. The van der Waals surface area contributed by atoms with Gasteiger partial charge in [-0.2, -0.15) is 5.10 Å². The molecular formula is C33H32N4O5. The predicted octanol–water partition coefficient (Wildman–Crippen LogP) is 6.44. The highest BCUT2D eigenvalue weighted by molar-refractivity contribution is 5.93. The Bertz CT molecular complexity index is 1780. The van der Waals surface area contributed by atoms with Crippen LogP contribution in [-0.4, -0.2) is 32.3 Å². The monoisotopic (exact) mass is 564 g/mol. The Kier molecular flexibility index (Phi) is 7.84. The van der Waals surface area contributed by atoms with Crippen LogP contribution in [0.1, 0.15) is 60.6 Å². The first-order valence-corrected chi connectivity index (χ1v) is 13.5. The van der Waals surface area contributed by atoms with Crippen LogP contribution in [0, 0.1) is 34.6 Å². The van der Waals surface area contributed by atoms with Crippen LogP contribution in [-0.2, 0) is 6.61 Å². The maximum absolute atomic E-state index is 12.6. The van der Waals surface area contributed by atoms with Crippen LogP contribution >= 0.6 is 0 Å². The SMILES string of the molecule is Cc1c(C(=O)O)cccc1-n1c(C)cc(/C=N/NC(=O)c2ccc(COc3ccc(-n4c(C)ccc4C)cc3)o2)c1C. The zero-order chi connectivity index (χ0) is 30.0. The number of hydrogen-bond acceptors (Lipinski definition) is 5. The molecule has 5 rings (SSSR count). The number of aromatic carboxylic acids is 1. The van der Waals surface area contributed by atoms with E-state index >= 15 is 0 Å². The molecule has 0 bridgehead atoms. The summed E-state index contributed by atoms with van der Waals surface area (Å²) in [5.41, 5.74) is 10.1. The van der Waals surface area contributed by atoms with E-state index in [1.54, 1.807) is 37.4 Å². The van der Waals surface area contributed by atoms with Crippen molar-refractivity contribution in [1.82, 2.24) is 14.6 Å². The molecule has 0 spiro atoms. The summed E-state index contributed by atoms with van der Waals surface area (Å²) in [6, 6.07) is 22.4. The number of furan rings is 1. The molecule has 1 amide bonds. The number of rotatable bonds is 9. The molecule has 3 heterocycles. The maximum atomic E-state index is 12.6. The van der Waals surface area contributed by atoms with Crippen molar-refractivity contribution in [2.75, 3.05) is 0 Å². The summed E-state index contributed by atoms with van der Waals surface area (Å²) in [6.07, 6.45) is 1.56. The minimum atomic E-state index is -0.971. The standard InChI is InChI=1S/C33H32N4O5/c1-20-9-10-21(2)36(20)26-11-13-27(14-12-26)41-19-28-15-16-31(42-28)32(38)35-34-18-25-17-22(3)37(24(25)5)30-8-6-7-29(23(30)4)33(39)40/h6-18H,19H2,1-5H3,(H,35,38)(H,39,40)/b34-18+. The van der Waals surface area contributed by atoms with Crippen LogP contribution in [0.5, 0.6) is 5.75 Å². The number of carbonyl (C=O) groups excluding carboxylic acids is 1. The van der Waals surface area contributed by atoms with Crippen LogP contribution < -0.4 is 10.2 Å². The molecule has 0 radical (unpaired) electrons. The molecule has 42 heavy (non-hydrogen) atoms. The average molecular weight is 565 g/mol. The molecule has 5 aromatic rings. The van der Waals surface area contributed by atoms with Crippen molar-refractivity contribution in [1.29, 1.82) is 0 Å². The molecule has 0 saturated heterocycles. The largest absolute Gasteiger partial charge is 0.486 e. The molecule has 0 saturated carbocycles. The van der Waals surface area contributed by atoms with E-state index in [4.69, 9.17) is 9.15 Å². The smallest absolute Gasteiger partial charge is 0.336 e. The van der Waals surface area contributed by atoms with Crippen molar-refractivity contribution in [2.45, 2.75) is 41.2 Å². The lowest BCUT2D eigenvalue weighted by atomic mass is 10.1. The lowest BCUT2D eigenvalue weighted by molar-refractivity contribution is 0.0695. The molecule has 9 heteroatoms. The highest BCUT2D eigenvalue weighted by atomic mass is 16.5. The van der Waals surface area contributed by atoms with Gasteiger partial charge in [0.2, 0.25) is 0 Å². The third-order valence-corrected chi connectivity index (χ3v) is 7.25. The maximum Gasteiger partial charge on any atom is 0.336 e. The van der Waals surface area contributed by atoms with E-state index in [1.165, 1.54) is 0 Å². The first-order valence-electron chi connectivity index (χ1n) is 13.5. The molecule has 3 aromatic heterocycles. The Morgan fingerprint density at radius 2 is 1.62 bits per heavy atom. The second kappa shape index (κ2) is 11.7. The Morgan fingerprint density at radius 1 is 0.905 bits per heavy atom. The van der Waals surface area contributed by atoms with E-state index in [0.717, 1.165) is 39.7 Å². The number of aromatic nitrogens is 2. The Morgan fingerprint density at radius 3 is 2.31 bits per heavy atom. The highest BCUT2D eigenvalue weighted by Gasteiger charge is 2.16. The number of hydrazone groups is 1. The highest BCUT2D eigenvalue weighted by Crippen LogP contribution is 2.25. The average Bonchev–Trinajstić information content (AvgIpc) is 3.65. The molecule has 9 nitrogen and oxygen atoms in total.